The Bertz CT molecular complexity index is 1530. The monoisotopic (exact) mass is 550 g/mol. The van der Waals surface area contributed by atoms with E-state index in [1.807, 2.05) is 0 Å². The van der Waals surface area contributed by atoms with Crippen LogP contribution in [0.15, 0.2) is 59.1 Å². The number of rotatable bonds is 7. The number of halogens is 6. The second-order valence-corrected chi connectivity index (χ2v) is 8.96. The Hall–Kier alpha value is -4.42. The van der Waals surface area contributed by atoms with Crippen LogP contribution in [0.4, 0.5) is 32.0 Å². The molecule has 0 saturated carbocycles. The van der Waals surface area contributed by atoms with Gasteiger partial charge in [0.05, 0.1) is 11.1 Å². The molecule has 39 heavy (non-hydrogen) atoms. The van der Waals surface area contributed by atoms with Crippen molar-refractivity contribution in [1.29, 1.82) is 0 Å². The fraction of sp³-hybridized carbons (Fsp3) is 0.231. The molecule has 2 amide bonds. The first-order valence-electron chi connectivity index (χ1n) is 11.4. The maximum Gasteiger partial charge on any atom is 0.416 e. The summed E-state index contributed by atoms with van der Waals surface area (Å²) in [4.78, 5) is 32.5. The van der Waals surface area contributed by atoms with E-state index in [-0.39, 0.29) is 40.3 Å². The Balaban J connectivity index is 1.55. The van der Waals surface area contributed by atoms with Gasteiger partial charge in [-0.1, -0.05) is 0 Å². The van der Waals surface area contributed by atoms with Crippen molar-refractivity contribution in [2.24, 2.45) is 0 Å². The fourth-order valence-corrected chi connectivity index (χ4v) is 3.49. The number of oxazole rings is 1. The van der Waals surface area contributed by atoms with Crippen molar-refractivity contribution >= 4 is 28.6 Å². The van der Waals surface area contributed by atoms with Crippen molar-refractivity contribution in [3.05, 3.63) is 77.1 Å². The largest absolute Gasteiger partial charge is 0.436 e. The second kappa shape index (κ2) is 10.4. The summed E-state index contributed by atoms with van der Waals surface area (Å²) >= 11 is 0. The van der Waals surface area contributed by atoms with Crippen LogP contribution in [-0.4, -0.2) is 27.5 Å². The zero-order chi connectivity index (χ0) is 28.5. The minimum Gasteiger partial charge on any atom is -0.436 e. The number of amides is 2. The molecule has 0 unspecified atom stereocenters. The number of carbonyl (C=O) groups is 2. The number of carbonyl (C=O) groups excluding carboxylic acids is 2. The van der Waals surface area contributed by atoms with E-state index < -0.39 is 46.9 Å². The molecule has 0 fully saturated rings. The van der Waals surface area contributed by atoms with Crippen LogP contribution in [0, 0.1) is 0 Å². The van der Waals surface area contributed by atoms with Crippen molar-refractivity contribution in [3.63, 3.8) is 0 Å². The normalized spacial score (nSPS) is 12.1. The summed E-state index contributed by atoms with van der Waals surface area (Å²) in [7, 11) is 0. The fourth-order valence-electron chi connectivity index (χ4n) is 3.49. The predicted molar refractivity (Wildman–Crippen MR) is 129 cm³/mol. The highest BCUT2D eigenvalue weighted by atomic mass is 19.4. The molecule has 0 aliphatic heterocycles. The van der Waals surface area contributed by atoms with Crippen LogP contribution >= 0.6 is 0 Å². The molecule has 4 rings (SSSR count). The quantitative estimate of drug-likeness (QED) is 0.258. The lowest BCUT2D eigenvalue weighted by molar-refractivity contribution is -0.137. The third kappa shape index (κ3) is 6.36. The average Bonchev–Trinajstić information content (AvgIpc) is 3.29. The van der Waals surface area contributed by atoms with E-state index in [1.54, 1.807) is 0 Å². The first-order chi connectivity index (χ1) is 18.2. The van der Waals surface area contributed by atoms with Gasteiger partial charge in [-0.25, -0.2) is 18.2 Å². The van der Waals surface area contributed by atoms with Crippen LogP contribution in [0.2, 0.25) is 0 Å². The maximum absolute atomic E-state index is 13.7. The molecule has 0 aliphatic carbocycles. The Morgan fingerprint density at radius 3 is 2.31 bits per heavy atom. The molecule has 2 aromatic carbocycles. The SMILES string of the molecule is CC(C)(F)C(=O)NCc1cnc(C(F)F)c(C(=O)Nc2ccc3oc(-c4ccc(C(F)(F)F)cc4)nc3c2)c1. The highest BCUT2D eigenvalue weighted by molar-refractivity contribution is 6.05. The minimum atomic E-state index is -4.49. The van der Waals surface area contributed by atoms with Gasteiger partial charge in [-0.15, -0.1) is 0 Å². The van der Waals surface area contributed by atoms with E-state index in [0.717, 1.165) is 38.2 Å². The van der Waals surface area contributed by atoms with E-state index in [9.17, 15) is 35.9 Å². The Kier molecular flexibility index (Phi) is 7.35. The molecule has 2 aromatic heterocycles. The lowest BCUT2D eigenvalue weighted by atomic mass is 10.1. The lowest BCUT2D eigenvalue weighted by Gasteiger charge is -2.15. The summed E-state index contributed by atoms with van der Waals surface area (Å²) < 4.78 is 84.9. The molecule has 4 aromatic rings. The summed E-state index contributed by atoms with van der Waals surface area (Å²) in [6, 6.07) is 9.58. The van der Waals surface area contributed by atoms with Crippen LogP contribution in [-0.2, 0) is 17.5 Å². The number of pyridine rings is 1. The number of fused-ring (bicyclic) bond motifs is 1. The number of hydrogen-bond donors (Lipinski definition) is 2. The van der Waals surface area contributed by atoms with Crippen LogP contribution in [0.5, 0.6) is 0 Å². The molecule has 0 radical (unpaired) electrons. The number of nitrogens with one attached hydrogen (secondary N) is 2. The molecule has 0 spiro atoms. The standard InChI is InChI=1S/C26H20F6N4O3/c1-25(2,29)24(38)34-12-13-9-17(20(21(27)28)33-11-13)22(37)35-16-7-8-19-18(10-16)36-23(39-19)14-3-5-15(6-4-14)26(30,31)32/h3-11,21H,12H2,1-2H3,(H,34,38)(H,35,37). The average molecular weight is 550 g/mol. The number of anilines is 1. The number of aromatic nitrogens is 2. The molecule has 204 valence electrons. The summed E-state index contributed by atoms with van der Waals surface area (Å²) in [5, 5.41) is 4.77. The van der Waals surface area contributed by atoms with Crippen molar-refractivity contribution in [1.82, 2.24) is 15.3 Å². The zero-order valence-corrected chi connectivity index (χ0v) is 20.4. The van der Waals surface area contributed by atoms with Gasteiger partial charge in [0.1, 0.15) is 11.2 Å². The molecule has 0 aliphatic rings. The van der Waals surface area contributed by atoms with Crippen LogP contribution in [0.25, 0.3) is 22.6 Å². The van der Waals surface area contributed by atoms with Crippen LogP contribution in [0.3, 0.4) is 0 Å². The number of hydrogen-bond acceptors (Lipinski definition) is 5. The van der Waals surface area contributed by atoms with Gasteiger partial charge >= 0.3 is 6.18 Å². The van der Waals surface area contributed by atoms with Crippen LogP contribution in [0.1, 0.15) is 47.5 Å². The van der Waals surface area contributed by atoms with Gasteiger partial charge in [0.25, 0.3) is 18.2 Å². The molecule has 0 atom stereocenters. The molecule has 0 saturated heterocycles. The molecule has 0 bridgehead atoms. The van der Waals surface area contributed by atoms with Gasteiger partial charge in [0.15, 0.2) is 11.3 Å². The van der Waals surface area contributed by atoms with Crippen molar-refractivity contribution < 1.29 is 40.3 Å². The van der Waals surface area contributed by atoms with Gasteiger partial charge < -0.3 is 15.1 Å². The lowest BCUT2D eigenvalue weighted by Crippen LogP contribution is -2.38. The van der Waals surface area contributed by atoms with E-state index in [0.29, 0.717) is 0 Å². The summed E-state index contributed by atoms with van der Waals surface area (Å²) in [5.74, 6) is -1.82. The third-order valence-electron chi connectivity index (χ3n) is 5.52. The van der Waals surface area contributed by atoms with Gasteiger partial charge in [0, 0.05) is 24.0 Å². The Morgan fingerprint density at radius 2 is 1.69 bits per heavy atom. The maximum atomic E-state index is 13.7. The molecule has 7 nitrogen and oxygen atoms in total. The summed E-state index contributed by atoms with van der Waals surface area (Å²) in [5.41, 5.74) is -3.08. The van der Waals surface area contributed by atoms with Crippen LogP contribution < -0.4 is 10.6 Å². The third-order valence-corrected chi connectivity index (χ3v) is 5.52. The van der Waals surface area contributed by atoms with E-state index in [1.165, 1.54) is 30.3 Å². The molecule has 2 heterocycles. The van der Waals surface area contributed by atoms with Crippen molar-refractivity contribution in [2.45, 2.75) is 38.7 Å². The number of benzene rings is 2. The smallest absolute Gasteiger partial charge is 0.416 e. The summed E-state index contributed by atoms with van der Waals surface area (Å²) in [6.07, 6.45) is -6.53. The van der Waals surface area contributed by atoms with Gasteiger partial charge in [0.2, 0.25) is 5.89 Å². The Morgan fingerprint density at radius 1 is 1.00 bits per heavy atom. The molecule has 13 heteroatoms. The minimum absolute atomic E-state index is 0.0394. The van der Waals surface area contributed by atoms with Gasteiger partial charge in [-0.05, 0) is 67.9 Å². The topological polar surface area (TPSA) is 97.1 Å². The molecular weight excluding hydrogens is 530 g/mol. The van der Waals surface area contributed by atoms with Gasteiger partial charge in [-0.2, -0.15) is 13.2 Å². The highest BCUT2D eigenvalue weighted by Crippen LogP contribution is 2.32. The first-order valence-corrected chi connectivity index (χ1v) is 11.4. The van der Waals surface area contributed by atoms with E-state index in [2.05, 4.69) is 20.6 Å². The Labute approximate surface area is 217 Å². The van der Waals surface area contributed by atoms with Crippen molar-refractivity contribution in [2.75, 3.05) is 5.32 Å². The van der Waals surface area contributed by atoms with Crippen molar-refractivity contribution in [3.8, 4) is 11.5 Å². The van der Waals surface area contributed by atoms with Gasteiger partial charge in [-0.3, -0.25) is 14.6 Å². The number of alkyl halides is 6. The summed E-state index contributed by atoms with van der Waals surface area (Å²) in [6.45, 7) is 1.86. The molecule has 2 N–H and O–H groups in total. The first kappa shape index (κ1) is 27.6. The molecular formula is C26H20F6N4O3. The van der Waals surface area contributed by atoms with E-state index in [4.69, 9.17) is 4.42 Å². The highest BCUT2D eigenvalue weighted by Gasteiger charge is 2.30. The predicted octanol–water partition coefficient (Wildman–Crippen LogP) is 6.46. The van der Waals surface area contributed by atoms with E-state index >= 15 is 0 Å². The zero-order valence-electron chi connectivity index (χ0n) is 20.4. The number of nitrogens with zero attached hydrogens (tertiary/aromatic N) is 2. The second-order valence-electron chi connectivity index (χ2n) is 8.96.